The van der Waals surface area contributed by atoms with Gasteiger partial charge in [0.05, 0.1) is 5.69 Å². The van der Waals surface area contributed by atoms with Gasteiger partial charge in [-0.3, -0.25) is 9.55 Å². The number of hydrogen-bond acceptors (Lipinski definition) is 3. The second-order valence-corrected chi connectivity index (χ2v) is 4.35. The first-order chi connectivity index (χ1) is 8.29. The minimum Gasteiger partial charge on any atom is -0.494 e. The Bertz CT molecular complexity index is 517. The van der Waals surface area contributed by atoms with Crippen LogP contribution in [0.25, 0.3) is 5.69 Å². The molecule has 0 atom stereocenters. The van der Waals surface area contributed by atoms with Crippen molar-refractivity contribution in [2.45, 2.75) is 25.7 Å². The highest BCUT2D eigenvalue weighted by atomic mass is 16.3. The fourth-order valence-electron chi connectivity index (χ4n) is 2.51. The van der Waals surface area contributed by atoms with Gasteiger partial charge in [-0.2, -0.15) is 0 Å². The normalized spacial score (nSPS) is 14.6. The van der Waals surface area contributed by atoms with Gasteiger partial charge in [0.25, 0.3) is 0 Å². The molecule has 0 radical (unpaired) electrons. The minimum absolute atomic E-state index is 0.170. The van der Waals surface area contributed by atoms with Crippen LogP contribution >= 0.6 is 0 Å². The molecule has 1 aliphatic carbocycles. The molecule has 0 saturated heterocycles. The fraction of sp³-hybridized carbons (Fsp3) is 0.308. The number of hydrogen-bond donors (Lipinski definition) is 2. The Kier molecular flexibility index (Phi) is 2.28. The van der Waals surface area contributed by atoms with E-state index in [1.54, 1.807) is 24.5 Å². The highest BCUT2D eigenvalue weighted by Gasteiger charge is 2.24. The van der Waals surface area contributed by atoms with Gasteiger partial charge >= 0.3 is 0 Å². The molecule has 0 bridgehead atoms. The van der Waals surface area contributed by atoms with Crippen LogP contribution in [-0.2, 0) is 12.8 Å². The molecular weight excluding hydrogens is 216 g/mol. The standard InChI is InChI=1S/C13H14N2O2/c16-12-10-3-1-2-4-11(10)13(17)15(12)9-5-7-14-8-6-9/h5-8,16-17H,1-4H2. The van der Waals surface area contributed by atoms with Crippen molar-refractivity contribution in [1.82, 2.24) is 9.55 Å². The summed E-state index contributed by atoms with van der Waals surface area (Å²) in [6.07, 6.45) is 7.11. The van der Waals surface area contributed by atoms with Crippen LogP contribution in [0.5, 0.6) is 11.8 Å². The van der Waals surface area contributed by atoms with E-state index < -0.39 is 0 Å². The second-order valence-electron chi connectivity index (χ2n) is 4.35. The topological polar surface area (TPSA) is 58.3 Å². The molecule has 0 amide bonds. The van der Waals surface area contributed by atoms with E-state index in [0.717, 1.165) is 42.5 Å². The number of pyridine rings is 1. The lowest BCUT2D eigenvalue weighted by atomic mass is 9.95. The summed E-state index contributed by atoms with van der Waals surface area (Å²) in [5.41, 5.74) is 2.53. The number of aromatic hydroxyl groups is 2. The van der Waals surface area contributed by atoms with Crippen molar-refractivity contribution < 1.29 is 10.2 Å². The average Bonchev–Trinajstić information content (AvgIpc) is 2.64. The van der Waals surface area contributed by atoms with Gasteiger partial charge in [0.1, 0.15) is 0 Å². The third-order valence-corrected chi connectivity index (χ3v) is 3.35. The Morgan fingerprint density at radius 3 is 2.00 bits per heavy atom. The van der Waals surface area contributed by atoms with Gasteiger partial charge in [0.2, 0.25) is 11.8 Å². The molecule has 2 heterocycles. The van der Waals surface area contributed by atoms with Gasteiger partial charge in [-0.15, -0.1) is 0 Å². The van der Waals surface area contributed by atoms with Crippen molar-refractivity contribution in [3.05, 3.63) is 35.7 Å². The molecule has 17 heavy (non-hydrogen) atoms. The summed E-state index contributed by atoms with van der Waals surface area (Å²) in [7, 11) is 0. The van der Waals surface area contributed by atoms with Gasteiger partial charge in [-0.05, 0) is 37.8 Å². The Hall–Kier alpha value is -1.97. The molecule has 2 N–H and O–H groups in total. The van der Waals surface area contributed by atoms with Gasteiger partial charge in [-0.25, -0.2) is 0 Å². The monoisotopic (exact) mass is 230 g/mol. The molecule has 3 rings (SSSR count). The zero-order valence-electron chi connectivity index (χ0n) is 9.43. The maximum atomic E-state index is 10.2. The lowest BCUT2D eigenvalue weighted by Gasteiger charge is -2.09. The SMILES string of the molecule is Oc1c2c(c(O)n1-c1ccncc1)CCCC2. The summed E-state index contributed by atoms with van der Waals surface area (Å²) in [6, 6.07) is 3.54. The van der Waals surface area contributed by atoms with E-state index in [9.17, 15) is 10.2 Å². The number of fused-ring (bicyclic) bond motifs is 1. The molecule has 0 saturated carbocycles. The first-order valence-corrected chi connectivity index (χ1v) is 5.84. The van der Waals surface area contributed by atoms with E-state index >= 15 is 0 Å². The quantitative estimate of drug-likeness (QED) is 0.789. The van der Waals surface area contributed by atoms with E-state index in [0.29, 0.717) is 0 Å². The Morgan fingerprint density at radius 2 is 1.47 bits per heavy atom. The molecule has 1 aliphatic rings. The summed E-state index contributed by atoms with van der Waals surface area (Å²) in [5.74, 6) is 0.340. The summed E-state index contributed by atoms with van der Waals surface area (Å²) >= 11 is 0. The molecule has 4 nitrogen and oxygen atoms in total. The van der Waals surface area contributed by atoms with E-state index in [2.05, 4.69) is 4.98 Å². The van der Waals surface area contributed by atoms with Gasteiger partial charge < -0.3 is 10.2 Å². The van der Waals surface area contributed by atoms with Gasteiger partial charge in [0, 0.05) is 23.5 Å². The van der Waals surface area contributed by atoms with E-state index in [-0.39, 0.29) is 11.8 Å². The van der Waals surface area contributed by atoms with Crippen LogP contribution in [0.15, 0.2) is 24.5 Å². The lowest BCUT2D eigenvalue weighted by molar-refractivity contribution is 0.399. The molecular formula is C13H14N2O2. The molecule has 88 valence electrons. The van der Waals surface area contributed by atoms with Gasteiger partial charge in [0.15, 0.2) is 0 Å². The van der Waals surface area contributed by atoms with Crippen molar-refractivity contribution in [1.29, 1.82) is 0 Å². The molecule has 0 spiro atoms. The zero-order chi connectivity index (χ0) is 11.8. The zero-order valence-corrected chi connectivity index (χ0v) is 9.43. The molecule has 2 aromatic rings. The van der Waals surface area contributed by atoms with Crippen LogP contribution in [0.4, 0.5) is 0 Å². The summed E-state index contributed by atoms with van der Waals surface area (Å²) in [5, 5.41) is 20.4. The minimum atomic E-state index is 0.170. The van der Waals surface area contributed by atoms with Crippen molar-refractivity contribution in [2.75, 3.05) is 0 Å². The second kappa shape index (κ2) is 3.80. The van der Waals surface area contributed by atoms with Crippen molar-refractivity contribution >= 4 is 0 Å². The molecule has 4 heteroatoms. The van der Waals surface area contributed by atoms with Crippen molar-refractivity contribution in [2.24, 2.45) is 0 Å². The fourth-order valence-corrected chi connectivity index (χ4v) is 2.51. The Balaban J connectivity index is 2.21. The number of nitrogens with zero attached hydrogens (tertiary/aromatic N) is 2. The van der Waals surface area contributed by atoms with Gasteiger partial charge in [-0.1, -0.05) is 0 Å². The first kappa shape index (κ1) is 10.2. The summed E-state index contributed by atoms with van der Waals surface area (Å²) in [4.78, 5) is 3.94. The third kappa shape index (κ3) is 1.48. The molecule has 0 fully saturated rings. The molecule has 0 unspecified atom stereocenters. The number of aromatic nitrogens is 2. The van der Waals surface area contributed by atoms with E-state index in [1.807, 2.05) is 0 Å². The maximum absolute atomic E-state index is 10.2. The Morgan fingerprint density at radius 1 is 0.941 bits per heavy atom. The van der Waals surface area contributed by atoms with Crippen LogP contribution in [-0.4, -0.2) is 19.8 Å². The molecule has 0 aliphatic heterocycles. The van der Waals surface area contributed by atoms with E-state index in [4.69, 9.17) is 0 Å². The number of rotatable bonds is 1. The van der Waals surface area contributed by atoms with Crippen LogP contribution in [0.3, 0.4) is 0 Å². The predicted molar refractivity (Wildman–Crippen MR) is 63.5 cm³/mol. The summed E-state index contributed by atoms with van der Waals surface area (Å²) in [6.45, 7) is 0. The average molecular weight is 230 g/mol. The smallest absolute Gasteiger partial charge is 0.202 e. The highest BCUT2D eigenvalue weighted by Crippen LogP contribution is 2.40. The van der Waals surface area contributed by atoms with Crippen molar-refractivity contribution in [3.63, 3.8) is 0 Å². The largest absolute Gasteiger partial charge is 0.494 e. The van der Waals surface area contributed by atoms with Crippen LogP contribution in [0, 0.1) is 0 Å². The maximum Gasteiger partial charge on any atom is 0.202 e. The van der Waals surface area contributed by atoms with Crippen LogP contribution in [0.2, 0.25) is 0 Å². The van der Waals surface area contributed by atoms with E-state index in [1.165, 1.54) is 4.57 Å². The van der Waals surface area contributed by atoms with Crippen LogP contribution in [0.1, 0.15) is 24.0 Å². The van der Waals surface area contributed by atoms with Crippen LogP contribution < -0.4 is 0 Å². The predicted octanol–water partition coefficient (Wildman–Crippen LogP) is 2.16. The summed E-state index contributed by atoms with van der Waals surface area (Å²) < 4.78 is 1.50. The van der Waals surface area contributed by atoms with Crippen molar-refractivity contribution in [3.8, 4) is 17.4 Å². The third-order valence-electron chi connectivity index (χ3n) is 3.35. The lowest BCUT2D eigenvalue weighted by Crippen LogP contribution is -1.98. The molecule has 0 aromatic carbocycles. The molecule has 2 aromatic heterocycles. The highest BCUT2D eigenvalue weighted by molar-refractivity contribution is 5.53. The Labute approximate surface area is 99.2 Å². The first-order valence-electron chi connectivity index (χ1n) is 5.84.